The van der Waals surface area contributed by atoms with E-state index in [2.05, 4.69) is 16.8 Å². The van der Waals surface area contributed by atoms with Crippen molar-refractivity contribution < 1.29 is 14.2 Å². The summed E-state index contributed by atoms with van der Waals surface area (Å²) in [7, 11) is 3.37. The summed E-state index contributed by atoms with van der Waals surface area (Å²) in [6.07, 6.45) is 2.88. The predicted octanol–water partition coefficient (Wildman–Crippen LogP) is 3.57. The molecule has 142 valence electrons. The van der Waals surface area contributed by atoms with E-state index in [1.165, 1.54) is 12.1 Å². The second-order valence-electron chi connectivity index (χ2n) is 6.36. The lowest BCUT2D eigenvalue weighted by Gasteiger charge is -2.13. The second-order valence-corrected chi connectivity index (χ2v) is 6.36. The molecule has 0 aliphatic rings. The SMILES string of the molecule is C=C(c1cn(CC)nc1OC)c1cn(C)nc1-c1ccc(F)cc1[C@@H](C)O. The Kier molecular flexibility index (Phi) is 5.14. The number of ether oxygens (including phenoxy) is 1. The van der Waals surface area contributed by atoms with Gasteiger partial charge in [0, 0.05) is 37.1 Å². The van der Waals surface area contributed by atoms with Crippen molar-refractivity contribution in [3.05, 3.63) is 59.7 Å². The van der Waals surface area contributed by atoms with Gasteiger partial charge >= 0.3 is 0 Å². The zero-order valence-electron chi connectivity index (χ0n) is 15.9. The highest BCUT2D eigenvalue weighted by atomic mass is 19.1. The summed E-state index contributed by atoms with van der Waals surface area (Å²) in [4.78, 5) is 0. The first-order valence-corrected chi connectivity index (χ1v) is 8.68. The molecule has 0 saturated heterocycles. The quantitative estimate of drug-likeness (QED) is 0.720. The number of benzene rings is 1. The van der Waals surface area contributed by atoms with Gasteiger partial charge < -0.3 is 9.84 Å². The molecular formula is C20H23FN4O2. The van der Waals surface area contributed by atoms with Crippen molar-refractivity contribution in [1.29, 1.82) is 0 Å². The Balaban J connectivity index is 2.16. The average Bonchev–Trinajstić information content (AvgIpc) is 3.24. The van der Waals surface area contributed by atoms with Gasteiger partial charge in [0.1, 0.15) is 11.5 Å². The molecule has 2 aromatic heterocycles. The third-order valence-corrected chi connectivity index (χ3v) is 4.44. The topological polar surface area (TPSA) is 65.1 Å². The highest BCUT2D eigenvalue weighted by Gasteiger charge is 2.22. The molecule has 0 radical (unpaired) electrons. The van der Waals surface area contributed by atoms with Crippen LogP contribution in [0.2, 0.25) is 0 Å². The lowest BCUT2D eigenvalue weighted by atomic mass is 9.94. The summed E-state index contributed by atoms with van der Waals surface area (Å²) in [5.74, 6) is 0.0726. The van der Waals surface area contributed by atoms with Gasteiger partial charge in [-0.15, -0.1) is 5.10 Å². The van der Waals surface area contributed by atoms with Crippen LogP contribution in [-0.2, 0) is 13.6 Å². The molecule has 3 rings (SSSR count). The molecular weight excluding hydrogens is 347 g/mol. The number of aliphatic hydroxyl groups is 1. The van der Waals surface area contributed by atoms with E-state index < -0.39 is 11.9 Å². The Morgan fingerprint density at radius 3 is 2.67 bits per heavy atom. The molecule has 0 spiro atoms. The number of methoxy groups -OCH3 is 1. The van der Waals surface area contributed by atoms with Crippen molar-refractivity contribution in [2.24, 2.45) is 7.05 Å². The zero-order chi connectivity index (χ0) is 19.7. The third kappa shape index (κ3) is 3.50. The van der Waals surface area contributed by atoms with Crippen LogP contribution in [0.15, 0.2) is 37.2 Å². The molecule has 7 heteroatoms. The van der Waals surface area contributed by atoms with Gasteiger partial charge in [-0.3, -0.25) is 9.36 Å². The van der Waals surface area contributed by atoms with Crippen LogP contribution in [-0.4, -0.2) is 31.8 Å². The molecule has 0 saturated carbocycles. The fraction of sp³-hybridized carbons (Fsp3) is 0.300. The van der Waals surface area contributed by atoms with Gasteiger partial charge in [-0.1, -0.05) is 6.58 Å². The minimum absolute atomic E-state index is 0.406. The van der Waals surface area contributed by atoms with Crippen molar-refractivity contribution in [3.63, 3.8) is 0 Å². The number of nitrogens with zero attached hydrogens (tertiary/aromatic N) is 4. The Bertz CT molecular complexity index is 988. The highest BCUT2D eigenvalue weighted by Crippen LogP contribution is 2.37. The first-order valence-electron chi connectivity index (χ1n) is 8.68. The van der Waals surface area contributed by atoms with Crippen LogP contribution in [0.4, 0.5) is 4.39 Å². The van der Waals surface area contributed by atoms with Crippen molar-refractivity contribution in [3.8, 4) is 17.1 Å². The van der Waals surface area contributed by atoms with Gasteiger partial charge in [0.25, 0.3) is 0 Å². The summed E-state index contributed by atoms with van der Waals surface area (Å²) in [5.41, 5.74) is 3.96. The van der Waals surface area contributed by atoms with Crippen molar-refractivity contribution in [2.45, 2.75) is 26.5 Å². The first kappa shape index (κ1) is 18.8. The fourth-order valence-electron chi connectivity index (χ4n) is 3.07. The van der Waals surface area contributed by atoms with E-state index in [0.717, 1.165) is 11.1 Å². The van der Waals surface area contributed by atoms with Crippen LogP contribution >= 0.6 is 0 Å². The Morgan fingerprint density at radius 1 is 1.30 bits per heavy atom. The summed E-state index contributed by atoms with van der Waals surface area (Å²) >= 11 is 0. The van der Waals surface area contributed by atoms with Gasteiger partial charge in [0.2, 0.25) is 5.88 Å². The fourth-order valence-corrected chi connectivity index (χ4v) is 3.07. The van der Waals surface area contributed by atoms with E-state index in [9.17, 15) is 9.50 Å². The van der Waals surface area contributed by atoms with Gasteiger partial charge in [0.15, 0.2) is 0 Å². The van der Waals surface area contributed by atoms with Crippen molar-refractivity contribution in [2.75, 3.05) is 7.11 Å². The molecule has 27 heavy (non-hydrogen) atoms. The van der Waals surface area contributed by atoms with Crippen LogP contribution in [0.1, 0.15) is 36.6 Å². The number of aryl methyl sites for hydroxylation is 2. The van der Waals surface area contributed by atoms with E-state index in [0.29, 0.717) is 34.8 Å². The lowest BCUT2D eigenvalue weighted by Crippen LogP contribution is -1.99. The normalized spacial score (nSPS) is 12.2. The van der Waals surface area contributed by atoms with E-state index in [4.69, 9.17) is 4.74 Å². The minimum Gasteiger partial charge on any atom is -0.479 e. The molecule has 1 atom stereocenters. The molecule has 0 unspecified atom stereocenters. The Labute approximate surface area is 157 Å². The average molecular weight is 370 g/mol. The number of hydrogen-bond donors (Lipinski definition) is 1. The Morgan fingerprint density at radius 2 is 2.04 bits per heavy atom. The minimum atomic E-state index is -0.837. The monoisotopic (exact) mass is 370 g/mol. The zero-order valence-corrected chi connectivity index (χ0v) is 15.9. The molecule has 0 bridgehead atoms. The largest absolute Gasteiger partial charge is 0.479 e. The molecule has 0 amide bonds. The molecule has 6 nitrogen and oxygen atoms in total. The summed E-state index contributed by atoms with van der Waals surface area (Å²) in [5, 5.41) is 19.0. The van der Waals surface area contributed by atoms with Crippen LogP contribution in [0.3, 0.4) is 0 Å². The van der Waals surface area contributed by atoms with E-state index in [-0.39, 0.29) is 0 Å². The molecule has 0 aliphatic carbocycles. The number of rotatable bonds is 6. The molecule has 1 aromatic carbocycles. The van der Waals surface area contributed by atoms with Crippen LogP contribution < -0.4 is 4.74 Å². The third-order valence-electron chi connectivity index (χ3n) is 4.44. The molecule has 3 aromatic rings. The molecule has 0 aliphatic heterocycles. The van der Waals surface area contributed by atoms with Crippen molar-refractivity contribution >= 4 is 5.57 Å². The maximum atomic E-state index is 13.7. The smallest absolute Gasteiger partial charge is 0.240 e. The van der Waals surface area contributed by atoms with Crippen molar-refractivity contribution in [1.82, 2.24) is 19.6 Å². The predicted molar refractivity (Wildman–Crippen MR) is 102 cm³/mol. The number of aromatic nitrogens is 4. The lowest BCUT2D eigenvalue weighted by molar-refractivity contribution is 0.199. The standard InChI is InChI=1S/C20H23FN4O2/c1-6-25-11-18(20(23-25)27-5)12(2)17-10-24(4)22-19(17)15-8-7-14(21)9-16(15)13(3)26/h7-11,13,26H,2,6H2,1,3-5H3/t13-/m1/s1. The van der Waals surface area contributed by atoms with Gasteiger partial charge in [0.05, 0.1) is 18.8 Å². The molecule has 0 fully saturated rings. The van der Waals surface area contributed by atoms with Gasteiger partial charge in [-0.2, -0.15) is 5.10 Å². The maximum absolute atomic E-state index is 13.7. The van der Waals surface area contributed by atoms with E-state index >= 15 is 0 Å². The van der Waals surface area contributed by atoms with Gasteiger partial charge in [-0.25, -0.2) is 4.39 Å². The first-order chi connectivity index (χ1) is 12.8. The van der Waals surface area contributed by atoms with E-state index in [1.807, 2.05) is 19.3 Å². The molecule has 2 heterocycles. The van der Waals surface area contributed by atoms with Gasteiger partial charge in [-0.05, 0) is 43.2 Å². The number of aliphatic hydroxyl groups excluding tert-OH is 1. The number of hydrogen-bond acceptors (Lipinski definition) is 4. The summed E-state index contributed by atoms with van der Waals surface area (Å²) < 4.78 is 22.5. The van der Waals surface area contributed by atoms with Crippen LogP contribution in [0, 0.1) is 5.82 Å². The Hall–Kier alpha value is -2.93. The number of halogens is 1. The van der Waals surface area contributed by atoms with Crippen LogP contribution in [0.25, 0.3) is 16.8 Å². The maximum Gasteiger partial charge on any atom is 0.240 e. The van der Waals surface area contributed by atoms with Crippen LogP contribution in [0.5, 0.6) is 5.88 Å². The van der Waals surface area contributed by atoms with E-state index in [1.54, 1.807) is 36.5 Å². The molecule has 1 N–H and O–H groups in total. The summed E-state index contributed by atoms with van der Waals surface area (Å²) in [6.45, 7) is 8.51. The highest BCUT2D eigenvalue weighted by molar-refractivity contribution is 5.88. The second kappa shape index (κ2) is 7.36. The summed E-state index contributed by atoms with van der Waals surface area (Å²) in [6, 6.07) is 4.32.